The number of hydrogen-bond acceptors (Lipinski definition) is 3. The Bertz CT molecular complexity index is 583. The summed E-state index contributed by atoms with van der Waals surface area (Å²) in [5, 5.41) is 6.90. The van der Waals surface area contributed by atoms with Crippen molar-refractivity contribution in [1.82, 2.24) is 15.1 Å². The van der Waals surface area contributed by atoms with Crippen LogP contribution in [0.3, 0.4) is 0 Å². The molecular weight excluding hydrogens is 322 g/mol. The van der Waals surface area contributed by atoms with Gasteiger partial charge in [0.2, 0.25) is 0 Å². The number of carbonyl (C=O) groups is 1. The van der Waals surface area contributed by atoms with Gasteiger partial charge >= 0.3 is 0 Å². The maximum atomic E-state index is 11.6. The van der Waals surface area contributed by atoms with Crippen LogP contribution in [0.2, 0.25) is 0 Å². The molecule has 1 aromatic carbocycles. The monoisotopic (exact) mass is 337 g/mol. The molecule has 0 aliphatic rings. The van der Waals surface area contributed by atoms with Crippen LogP contribution in [0.15, 0.2) is 41.1 Å². The van der Waals surface area contributed by atoms with E-state index in [1.165, 1.54) is 0 Å². The molecule has 0 atom stereocenters. The fraction of sp³-hybridized carbons (Fsp3) is 0.286. The molecule has 5 nitrogen and oxygen atoms in total. The van der Waals surface area contributed by atoms with Crippen molar-refractivity contribution in [3.8, 4) is 5.75 Å². The lowest BCUT2D eigenvalue weighted by atomic mass is 10.2. The first-order valence-electron chi connectivity index (χ1n) is 6.28. The van der Waals surface area contributed by atoms with E-state index in [-0.39, 0.29) is 12.5 Å². The largest absolute Gasteiger partial charge is 0.484 e. The number of carbonyl (C=O) groups excluding carboxylic acids is 1. The van der Waals surface area contributed by atoms with Gasteiger partial charge in [0.1, 0.15) is 5.75 Å². The van der Waals surface area contributed by atoms with Crippen LogP contribution in [0, 0.1) is 6.92 Å². The lowest BCUT2D eigenvalue weighted by Crippen LogP contribution is -2.31. The molecule has 1 aromatic heterocycles. The smallest absolute Gasteiger partial charge is 0.258 e. The Morgan fingerprint density at radius 2 is 2.25 bits per heavy atom. The molecule has 0 saturated carbocycles. The van der Waals surface area contributed by atoms with E-state index in [9.17, 15) is 4.79 Å². The molecule has 0 aliphatic heterocycles. The molecule has 2 aromatic rings. The van der Waals surface area contributed by atoms with Crippen LogP contribution in [0.1, 0.15) is 5.56 Å². The number of hydrogen-bond donors (Lipinski definition) is 1. The Balaban J connectivity index is 1.69. The second-order valence-corrected chi connectivity index (χ2v) is 5.24. The topological polar surface area (TPSA) is 56.1 Å². The number of benzene rings is 1. The van der Waals surface area contributed by atoms with Crippen molar-refractivity contribution in [1.29, 1.82) is 0 Å². The number of nitrogens with zero attached hydrogens (tertiary/aromatic N) is 2. The summed E-state index contributed by atoms with van der Waals surface area (Å²) in [5.41, 5.74) is 1.02. The number of ether oxygens (including phenoxy) is 1. The molecular formula is C14H16BrN3O2. The number of aryl methyl sites for hydroxylation is 1. The number of nitrogens with one attached hydrogen (secondary N) is 1. The highest BCUT2D eigenvalue weighted by Crippen LogP contribution is 2.15. The van der Waals surface area contributed by atoms with Crippen molar-refractivity contribution in [2.24, 2.45) is 0 Å². The van der Waals surface area contributed by atoms with Crippen LogP contribution < -0.4 is 10.1 Å². The minimum absolute atomic E-state index is 0.0215. The lowest BCUT2D eigenvalue weighted by molar-refractivity contribution is -0.123. The highest BCUT2D eigenvalue weighted by molar-refractivity contribution is 9.10. The van der Waals surface area contributed by atoms with Gasteiger partial charge in [0.05, 0.1) is 17.2 Å². The van der Waals surface area contributed by atoms with Crippen LogP contribution >= 0.6 is 15.9 Å². The maximum Gasteiger partial charge on any atom is 0.258 e. The number of para-hydroxylation sites is 1. The number of aromatic nitrogens is 2. The fourth-order valence-electron chi connectivity index (χ4n) is 1.68. The zero-order chi connectivity index (χ0) is 14.4. The maximum absolute atomic E-state index is 11.6. The first kappa shape index (κ1) is 14.6. The van der Waals surface area contributed by atoms with Crippen molar-refractivity contribution in [3.05, 3.63) is 46.7 Å². The van der Waals surface area contributed by atoms with E-state index < -0.39 is 0 Å². The molecule has 0 radical (unpaired) electrons. The molecule has 0 unspecified atom stereocenters. The number of rotatable bonds is 6. The van der Waals surface area contributed by atoms with Crippen LogP contribution in [-0.2, 0) is 11.3 Å². The Hall–Kier alpha value is -1.82. The molecule has 1 N–H and O–H groups in total. The molecule has 20 heavy (non-hydrogen) atoms. The van der Waals surface area contributed by atoms with E-state index in [1.54, 1.807) is 10.9 Å². The molecule has 0 spiro atoms. The predicted octanol–water partition coefficient (Wildman–Crippen LogP) is 2.15. The molecule has 0 bridgehead atoms. The van der Waals surface area contributed by atoms with Crippen molar-refractivity contribution >= 4 is 21.8 Å². The van der Waals surface area contributed by atoms with Gasteiger partial charge in [-0.2, -0.15) is 5.10 Å². The first-order chi connectivity index (χ1) is 9.65. The van der Waals surface area contributed by atoms with Gasteiger partial charge < -0.3 is 10.1 Å². The van der Waals surface area contributed by atoms with E-state index in [0.717, 1.165) is 15.8 Å². The van der Waals surface area contributed by atoms with Crippen LogP contribution in [-0.4, -0.2) is 28.8 Å². The summed E-state index contributed by atoms with van der Waals surface area (Å²) in [6.45, 7) is 3.11. The third-order valence-electron chi connectivity index (χ3n) is 2.72. The summed E-state index contributed by atoms with van der Waals surface area (Å²) in [5.74, 6) is 0.595. The highest BCUT2D eigenvalue weighted by atomic mass is 79.9. The standard InChI is InChI=1S/C14H16BrN3O2/c1-11-4-2-3-5-13(11)20-10-14(19)16-6-7-18-9-12(15)8-17-18/h2-5,8-9H,6-7,10H2,1H3,(H,16,19). The first-order valence-corrected chi connectivity index (χ1v) is 7.07. The predicted molar refractivity (Wildman–Crippen MR) is 79.6 cm³/mol. The van der Waals surface area contributed by atoms with E-state index >= 15 is 0 Å². The van der Waals surface area contributed by atoms with Crippen molar-refractivity contribution in [3.63, 3.8) is 0 Å². The minimum Gasteiger partial charge on any atom is -0.484 e. The van der Waals surface area contributed by atoms with Gasteiger partial charge in [-0.3, -0.25) is 9.48 Å². The van der Waals surface area contributed by atoms with Crippen molar-refractivity contribution in [2.75, 3.05) is 13.2 Å². The molecule has 1 amide bonds. The van der Waals surface area contributed by atoms with Gasteiger partial charge in [-0.15, -0.1) is 0 Å². The van der Waals surface area contributed by atoms with Crippen molar-refractivity contribution < 1.29 is 9.53 Å². The highest BCUT2D eigenvalue weighted by Gasteiger charge is 2.04. The van der Waals surface area contributed by atoms with Crippen LogP contribution in [0.5, 0.6) is 5.75 Å². The molecule has 0 fully saturated rings. The van der Waals surface area contributed by atoms with Gasteiger partial charge in [0.25, 0.3) is 5.91 Å². The zero-order valence-corrected chi connectivity index (χ0v) is 12.8. The molecule has 6 heteroatoms. The number of amides is 1. The van der Waals surface area contributed by atoms with Gasteiger partial charge in [0, 0.05) is 12.7 Å². The second-order valence-electron chi connectivity index (χ2n) is 4.33. The molecule has 106 valence electrons. The average Bonchev–Trinajstić information content (AvgIpc) is 2.83. The third kappa shape index (κ3) is 4.38. The van der Waals surface area contributed by atoms with Crippen LogP contribution in [0.4, 0.5) is 0 Å². The quantitative estimate of drug-likeness (QED) is 0.878. The fourth-order valence-corrected chi connectivity index (χ4v) is 2.01. The minimum atomic E-state index is -0.139. The summed E-state index contributed by atoms with van der Waals surface area (Å²) in [6, 6.07) is 7.62. The molecule has 0 aliphatic carbocycles. The number of halogens is 1. The van der Waals surface area contributed by atoms with Gasteiger partial charge in [-0.1, -0.05) is 18.2 Å². The van der Waals surface area contributed by atoms with Crippen LogP contribution in [0.25, 0.3) is 0 Å². The van der Waals surface area contributed by atoms with Gasteiger partial charge in [-0.05, 0) is 34.5 Å². The summed E-state index contributed by atoms with van der Waals surface area (Å²) in [7, 11) is 0. The van der Waals surface area contributed by atoms with E-state index in [0.29, 0.717) is 13.1 Å². The van der Waals surface area contributed by atoms with Gasteiger partial charge in [-0.25, -0.2) is 0 Å². The summed E-state index contributed by atoms with van der Waals surface area (Å²) >= 11 is 3.32. The average molecular weight is 338 g/mol. The van der Waals surface area contributed by atoms with E-state index in [4.69, 9.17) is 4.74 Å². The Kier molecular flexibility index (Phi) is 5.17. The lowest BCUT2D eigenvalue weighted by Gasteiger charge is -2.09. The van der Waals surface area contributed by atoms with E-state index in [2.05, 4.69) is 26.3 Å². The summed E-state index contributed by atoms with van der Waals surface area (Å²) in [4.78, 5) is 11.6. The molecule has 1 heterocycles. The Labute approximate surface area is 126 Å². The summed E-state index contributed by atoms with van der Waals surface area (Å²) in [6.07, 6.45) is 3.57. The molecule has 2 rings (SSSR count). The van der Waals surface area contributed by atoms with Crippen molar-refractivity contribution in [2.45, 2.75) is 13.5 Å². The Morgan fingerprint density at radius 1 is 1.45 bits per heavy atom. The van der Waals surface area contributed by atoms with Gasteiger partial charge in [0.15, 0.2) is 6.61 Å². The van der Waals surface area contributed by atoms with E-state index in [1.807, 2.05) is 37.4 Å². The SMILES string of the molecule is Cc1ccccc1OCC(=O)NCCn1cc(Br)cn1. The zero-order valence-electron chi connectivity index (χ0n) is 11.2. The summed E-state index contributed by atoms with van der Waals surface area (Å²) < 4.78 is 8.14. The Morgan fingerprint density at radius 3 is 2.95 bits per heavy atom. The third-order valence-corrected chi connectivity index (χ3v) is 3.13. The normalized spacial score (nSPS) is 10.3. The molecule has 0 saturated heterocycles. The second kappa shape index (κ2) is 7.09.